The summed E-state index contributed by atoms with van der Waals surface area (Å²) in [4.78, 5) is 26.1. The number of aliphatic carboxylic acids is 1. The summed E-state index contributed by atoms with van der Waals surface area (Å²) in [5.41, 5.74) is 1.98. The fraction of sp³-hybridized carbons (Fsp3) is 0.900. The second-order valence-electron chi connectivity index (χ2n) is 27.3. The standard InChI is InChI=1S/C60H86O21/c1-26-14-32-8-10-36-27(2)15-34(68-36)12-13-59-56(65)60(66,67-7)55(81-59)45-20-44(79-59)54-37(71-45)11-9-33(70-54)16-49(64)75-53-31(6)52-42(72-41(53)18-38(69-32)30(26)5)19-40-46(74-52)24-58(76-40)25-47-51(80-58)29(4)23-57(78-47)22-28(3)50-43(77-57)17-35(61)39(73-50)21-48(62)63/h26,28-29,31-47,50-56,61,65-66H,2,5,8-25H2,1,3-4,6-7H3,(H,62,63)/t26-,28+,29+,31+,32+,33?,34?,35-,36?,37?,38?,39-,40-,41?,42+,43?,44?,45-,46-,47?,50?,51?,52+,53?,54+,55?,56?,57-,58+,59-,60?/m1/s1. The predicted octanol–water partition coefficient (Wildman–Crippen LogP) is 4.59. The van der Waals surface area contributed by atoms with E-state index in [-0.39, 0.29) is 110 Å². The molecule has 31 atom stereocenters. The van der Waals surface area contributed by atoms with Crippen molar-refractivity contribution in [3.63, 3.8) is 0 Å². The van der Waals surface area contributed by atoms with Crippen molar-refractivity contribution in [2.45, 2.75) is 307 Å². The van der Waals surface area contributed by atoms with Gasteiger partial charge >= 0.3 is 11.9 Å². The number of carbonyl (C=O) groups is 2. The summed E-state index contributed by atoms with van der Waals surface area (Å²) in [7, 11) is 1.35. The van der Waals surface area contributed by atoms with Crippen LogP contribution in [-0.2, 0) is 80.6 Å². The maximum Gasteiger partial charge on any atom is 0.308 e. The van der Waals surface area contributed by atoms with E-state index in [9.17, 15) is 30.0 Å². The number of carbonyl (C=O) groups excluding carboxylic acids is 1. The average Bonchev–Trinajstić information content (AvgIpc) is 3.42. The van der Waals surface area contributed by atoms with E-state index in [1.54, 1.807) is 0 Å². The molecule has 14 aliphatic heterocycles. The van der Waals surface area contributed by atoms with Crippen molar-refractivity contribution in [2.24, 2.45) is 23.7 Å². The van der Waals surface area contributed by atoms with E-state index >= 15 is 0 Å². The van der Waals surface area contributed by atoms with Gasteiger partial charge in [-0.3, -0.25) is 9.59 Å². The lowest BCUT2D eigenvalue weighted by Crippen LogP contribution is -2.64. The van der Waals surface area contributed by atoms with Gasteiger partial charge < -0.3 is 91.5 Å². The molecule has 21 heteroatoms. The van der Waals surface area contributed by atoms with Crippen molar-refractivity contribution in [1.82, 2.24) is 0 Å². The molecule has 0 aromatic heterocycles. The highest BCUT2D eigenvalue weighted by Crippen LogP contribution is 2.57. The zero-order chi connectivity index (χ0) is 56.2. The molecular formula is C60H86O21. The summed E-state index contributed by atoms with van der Waals surface area (Å²) in [6.45, 7) is 17.5. The van der Waals surface area contributed by atoms with Crippen molar-refractivity contribution >= 4 is 11.9 Å². The Hall–Kier alpha value is -2.26. The molecule has 0 amide bonds. The Morgan fingerprint density at radius 3 is 2.07 bits per heavy atom. The molecule has 14 saturated heterocycles. The topological polar surface area (TPSA) is 254 Å². The molecule has 452 valence electrons. The van der Waals surface area contributed by atoms with E-state index in [1.807, 2.05) is 0 Å². The van der Waals surface area contributed by atoms with Gasteiger partial charge in [-0.15, -0.1) is 0 Å². The summed E-state index contributed by atoms with van der Waals surface area (Å²) < 4.78 is 101. The molecule has 3 spiro atoms. The average molecular weight is 1140 g/mol. The van der Waals surface area contributed by atoms with E-state index in [0.29, 0.717) is 77.0 Å². The Morgan fingerprint density at radius 1 is 0.593 bits per heavy atom. The number of methoxy groups -OCH3 is 1. The molecule has 0 saturated carbocycles. The molecular weight excluding hydrogens is 1060 g/mol. The van der Waals surface area contributed by atoms with Crippen LogP contribution in [0.5, 0.6) is 0 Å². The third-order valence-corrected chi connectivity index (χ3v) is 21.8. The first-order valence-electron chi connectivity index (χ1n) is 30.8. The van der Waals surface area contributed by atoms with E-state index in [0.717, 1.165) is 24.0 Å². The van der Waals surface area contributed by atoms with Gasteiger partial charge in [-0.25, -0.2) is 0 Å². The van der Waals surface area contributed by atoms with E-state index < -0.39 is 114 Å². The van der Waals surface area contributed by atoms with Gasteiger partial charge in [-0.1, -0.05) is 40.9 Å². The summed E-state index contributed by atoms with van der Waals surface area (Å²) >= 11 is 0. The maximum atomic E-state index is 14.6. The van der Waals surface area contributed by atoms with Gasteiger partial charge in [0.15, 0.2) is 17.7 Å². The second-order valence-corrected chi connectivity index (χ2v) is 27.3. The summed E-state index contributed by atoms with van der Waals surface area (Å²) in [6.07, 6.45) is -4.14. The van der Waals surface area contributed by atoms with Crippen LogP contribution in [0, 0.1) is 23.7 Å². The molecule has 10 bridgehead atoms. The number of hydrogen-bond acceptors (Lipinski definition) is 20. The Morgan fingerprint density at radius 2 is 1.27 bits per heavy atom. The van der Waals surface area contributed by atoms with Crippen molar-refractivity contribution in [3.05, 3.63) is 24.3 Å². The molecule has 0 aromatic rings. The number of carboxylic acid groups (broad SMARTS) is 1. The Labute approximate surface area is 473 Å². The lowest BCUT2D eigenvalue weighted by atomic mass is 9.78. The number of fused-ring (bicyclic) bond motifs is 13. The van der Waals surface area contributed by atoms with Crippen LogP contribution in [0.15, 0.2) is 24.3 Å². The van der Waals surface area contributed by atoms with Crippen LogP contribution in [-0.4, -0.2) is 203 Å². The van der Waals surface area contributed by atoms with Crippen molar-refractivity contribution in [1.29, 1.82) is 0 Å². The Kier molecular flexibility index (Phi) is 14.6. The molecule has 15 unspecified atom stereocenters. The number of ether oxygens (including phenoxy) is 15. The third kappa shape index (κ3) is 9.85. The molecule has 14 aliphatic rings. The van der Waals surface area contributed by atoms with Crippen LogP contribution in [0.2, 0.25) is 0 Å². The van der Waals surface area contributed by atoms with Crippen LogP contribution in [0.1, 0.15) is 143 Å². The SMILES string of the molecule is C=C1CC2CC[C@@]34OC5C[C@@H](OC6CCC(CC(=O)OC7C(CC8O[C@@H](CCC1O2)C[C@@H](C)C8=C)O[C@H]1C[C@H]2O[C@@]8(CC9O[C@]%10(C[C@H](C)C%11O[C@H](CC(=O)O)[C@H](O)CC%11O%10)C[C@H](C)C9O8)C[C@H]2O[C@H]1[C@@H]7C)O[C@@H]65)C(O3)C(O)(OC)C4O. The van der Waals surface area contributed by atoms with Gasteiger partial charge in [0.1, 0.15) is 18.3 Å². The van der Waals surface area contributed by atoms with Gasteiger partial charge in [-0.2, -0.15) is 0 Å². The van der Waals surface area contributed by atoms with Gasteiger partial charge in [0.2, 0.25) is 11.6 Å². The molecule has 0 radical (unpaired) electrons. The number of carboxylic acids is 1. The van der Waals surface area contributed by atoms with Gasteiger partial charge in [0.25, 0.3) is 0 Å². The molecule has 0 aliphatic carbocycles. The van der Waals surface area contributed by atoms with Crippen LogP contribution < -0.4 is 0 Å². The largest absolute Gasteiger partial charge is 0.481 e. The number of rotatable bonds is 3. The minimum atomic E-state index is -2.08. The lowest BCUT2D eigenvalue weighted by Gasteiger charge is -2.54. The van der Waals surface area contributed by atoms with Crippen molar-refractivity contribution in [3.8, 4) is 0 Å². The summed E-state index contributed by atoms with van der Waals surface area (Å²) in [6, 6.07) is 0. The highest BCUT2D eigenvalue weighted by molar-refractivity contribution is 5.70. The zero-order valence-corrected chi connectivity index (χ0v) is 47.5. The summed E-state index contributed by atoms with van der Waals surface area (Å²) in [5.74, 6) is -7.14. The highest BCUT2D eigenvalue weighted by Gasteiger charge is 2.72. The zero-order valence-electron chi connectivity index (χ0n) is 47.5. The monoisotopic (exact) mass is 1140 g/mol. The first-order valence-corrected chi connectivity index (χ1v) is 30.8. The Balaban J connectivity index is 0.693. The maximum absolute atomic E-state index is 14.6. The predicted molar refractivity (Wildman–Crippen MR) is 278 cm³/mol. The number of aliphatic hydroxyl groups is 3. The molecule has 0 aromatic carbocycles. The van der Waals surface area contributed by atoms with Crippen LogP contribution in [0.25, 0.3) is 0 Å². The minimum Gasteiger partial charge on any atom is -0.481 e. The van der Waals surface area contributed by atoms with E-state index in [2.05, 4.69) is 40.9 Å². The van der Waals surface area contributed by atoms with Crippen molar-refractivity contribution < 1.29 is 101 Å². The fourth-order valence-electron chi connectivity index (χ4n) is 17.8. The smallest absolute Gasteiger partial charge is 0.308 e. The molecule has 14 fully saturated rings. The molecule has 14 heterocycles. The van der Waals surface area contributed by atoms with Crippen LogP contribution in [0.4, 0.5) is 0 Å². The number of aliphatic hydroxyl groups excluding tert-OH is 2. The quantitative estimate of drug-likeness (QED) is 0.171. The number of hydrogen-bond donors (Lipinski definition) is 4. The van der Waals surface area contributed by atoms with E-state index in [4.69, 9.17) is 71.1 Å². The van der Waals surface area contributed by atoms with Crippen molar-refractivity contribution in [2.75, 3.05) is 7.11 Å². The Bertz CT molecular complexity index is 2430. The first-order chi connectivity index (χ1) is 38.7. The van der Waals surface area contributed by atoms with Gasteiger partial charge in [0.05, 0.1) is 129 Å². The third-order valence-electron chi connectivity index (χ3n) is 21.8. The minimum absolute atomic E-state index is 0.00604. The molecule has 81 heavy (non-hydrogen) atoms. The van der Waals surface area contributed by atoms with Gasteiger partial charge in [-0.05, 0) is 73.8 Å². The van der Waals surface area contributed by atoms with Crippen LogP contribution >= 0.6 is 0 Å². The molecule has 14 rings (SSSR count). The molecule has 4 N–H and O–H groups in total. The normalized spacial score (nSPS) is 56.8. The lowest BCUT2D eigenvalue weighted by molar-refractivity contribution is -0.371. The highest BCUT2D eigenvalue weighted by atomic mass is 16.8. The van der Waals surface area contributed by atoms with Gasteiger partial charge in [0, 0.05) is 70.8 Å². The number of esters is 1. The molecule has 21 nitrogen and oxygen atoms in total. The van der Waals surface area contributed by atoms with Crippen LogP contribution in [0.3, 0.4) is 0 Å². The fourth-order valence-corrected chi connectivity index (χ4v) is 17.8. The first kappa shape index (κ1) is 56.5. The summed E-state index contributed by atoms with van der Waals surface area (Å²) in [5, 5.41) is 44.2. The van der Waals surface area contributed by atoms with E-state index in [1.165, 1.54) is 7.11 Å². The second kappa shape index (κ2) is 21.0.